The number of hydrogen-bond donors (Lipinski definition) is 2. The Morgan fingerprint density at radius 1 is 1.14 bits per heavy atom. The Bertz CT molecular complexity index is 548. The van der Waals surface area contributed by atoms with Crippen LogP contribution in [0.1, 0.15) is 6.42 Å². The van der Waals surface area contributed by atoms with E-state index in [9.17, 15) is 8.42 Å². The molecule has 0 heterocycles. The number of nitrogens with zero attached hydrogens (tertiary/aromatic N) is 1. The van der Waals surface area contributed by atoms with Crippen LogP contribution in [0.3, 0.4) is 0 Å². The van der Waals surface area contributed by atoms with Crippen molar-refractivity contribution in [3.8, 4) is 0 Å². The molecule has 0 aromatic heterocycles. The second kappa shape index (κ2) is 8.18. The highest BCUT2D eigenvalue weighted by Gasteiger charge is 2.19. The van der Waals surface area contributed by atoms with Gasteiger partial charge in [0.2, 0.25) is 10.0 Å². The summed E-state index contributed by atoms with van der Waals surface area (Å²) < 4.78 is 33.6. The quantitative estimate of drug-likeness (QED) is 0.504. The van der Waals surface area contributed by atoms with Gasteiger partial charge in [-0.1, -0.05) is 0 Å². The van der Waals surface area contributed by atoms with Gasteiger partial charge in [0.15, 0.2) is 0 Å². The lowest BCUT2D eigenvalue weighted by atomic mass is 10.2. The molecule has 0 atom stereocenters. The van der Waals surface area contributed by atoms with Gasteiger partial charge in [0, 0.05) is 39.6 Å². The van der Waals surface area contributed by atoms with Crippen LogP contribution < -0.4 is 15.8 Å². The van der Waals surface area contributed by atoms with Gasteiger partial charge in [-0.25, -0.2) is 13.6 Å². The van der Waals surface area contributed by atoms with E-state index < -0.39 is 10.0 Å². The van der Waals surface area contributed by atoms with Crippen molar-refractivity contribution in [2.24, 2.45) is 5.14 Å². The van der Waals surface area contributed by atoms with Crippen LogP contribution in [0.2, 0.25) is 0 Å². The number of primary sulfonamides is 1. The first-order valence-corrected chi connectivity index (χ1v) is 8.10. The molecule has 7 nitrogen and oxygen atoms in total. The Labute approximate surface area is 125 Å². The van der Waals surface area contributed by atoms with Crippen molar-refractivity contribution in [2.75, 3.05) is 51.2 Å². The molecule has 4 N–H and O–H groups in total. The highest BCUT2D eigenvalue weighted by atomic mass is 32.2. The van der Waals surface area contributed by atoms with E-state index in [2.05, 4.69) is 0 Å². The molecule has 0 bridgehead atoms. The molecule has 0 saturated carbocycles. The van der Waals surface area contributed by atoms with Crippen molar-refractivity contribution in [1.29, 1.82) is 0 Å². The molecular weight excluding hydrogens is 294 g/mol. The maximum atomic E-state index is 11.8. The Hall–Kier alpha value is -1.35. The van der Waals surface area contributed by atoms with Gasteiger partial charge in [0.25, 0.3) is 0 Å². The van der Waals surface area contributed by atoms with Crippen molar-refractivity contribution in [3.63, 3.8) is 0 Å². The fourth-order valence-electron chi connectivity index (χ4n) is 1.97. The third kappa shape index (κ3) is 5.50. The molecule has 0 amide bonds. The van der Waals surface area contributed by atoms with E-state index in [1.807, 2.05) is 4.90 Å². The van der Waals surface area contributed by atoms with Gasteiger partial charge >= 0.3 is 0 Å². The van der Waals surface area contributed by atoms with Crippen LogP contribution in [0, 0.1) is 0 Å². The van der Waals surface area contributed by atoms with Gasteiger partial charge in [-0.05, 0) is 24.6 Å². The average Bonchev–Trinajstić information content (AvgIpc) is 2.42. The lowest BCUT2D eigenvalue weighted by Crippen LogP contribution is -2.31. The molecule has 0 fully saturated rings. The highest BCUT2D eigenvalue weighted by Crippen LogP contribution is 2.26. The molecule has 8 heteroatoms. The Balaban J connectivity index is 3.10. The Morgan fingerprint density at radius 2 is 1.81 bits per heavy atom. The van der Waals surface area contributed by atoms with E-state index in [1.165, 1.54) is 6.07 Å². The minimum absolute atomic E-state index is 0.0241. The molecule has 1 rings (SSSR count). The van der Waals surface area contributed by atoms with E-state index in [0.29, 0.717) is 37.7 Å². The molecule has 1 aromatic carbocycles. The molecular formula is C13H23N3O4S. The average molecular weight is 317 g/mol. The molecule has 0 aliphatic carbocycles. The summed E-state index contributed by atoms with van der Waals surface area (Å²) in [5.41, 5.74) is 6.54. The number of nitrogens with two attached hydrogens (primary N) is 2. The van der Waals surface area contributed by atoms with E-state index in [0.717, 1.165) is 6.42 Å². The molecule has 0 unspecified atom stereocenters. The van der Waals surface area contributed by atoms with Crippen LogP contribution >= 0.6 is 0 Å². The number of nitrogen functional groups attached to an aromatic ring is 1. The second-order valence-electron chi connectivity index (χ2n) is 4.60. The molecule has 1 aromatic rings. The van der Waals surface area contributed by atoms with E-state index >= 15 is 0 Å². The molecule has 0 radical (unpaired) electrons. The zero-order valence-electron chi connectivity index (χ0n) is 12.4. The Morgan fingerprint density at radius 3 is 2.38 bits per heavy atom. The Kier molecular flexibility index (Phi) is 6.90. The van der Waals surface area contributed by atoms with E-state index in [-0.39, 0.29) is 4.90 Å². The first kappa shape index (κ1) is 17.7. The first-order chi connectivity index (χ1) is 9.90. The standard InChI is InChI=1S/C13H23N3O4S/c1-19-8-3-6-16(7-9-20-2)12-5-4-11(14)10-13(12)21(15,17)18/h4-5,10H,3,6-9,14H2,1-2H3,(H2,15,17,18). The van der Waals surface area contributed by atoms with Gasteiger partial charge in [-0.3, -0.25) is 0 Å². The zero-order chi connectivity index (χ0) is 15.9. The van der Waals surface area contributed by atoms with E-state index in [1.54, 1.807) is 26.4 Å². The fourth-order valence-corrected chi connectivity index (χ4v) is 2.76. The predicted octanol–water partition coefficient (Wildman–Crippen LogP) is 0.406. The van der Waals surface area contributed by atoms with E-state index in [4.69, 9.17) is 20.3 Å². The number of benzene rings is 1. The summed E-state index contributed by atoms with van der Waals surface area (Å²) >= 11 is 0. The van der Waals surface area contributed by atoms with Gasteiger partial charge in [0.05, 0.1) is 12.3 Å². The monoisotopic (exact) mass is 317 g/mol. The van der Waals surface area contributed by atoms with Crippen LogP contribution in [-0.2, 0) is 19.5 Å². The fraction of sp³-hybridized carbons (Fsp3) is 0.538. The van der Waals surface area contributed by atoms with Gasteiger partial charge in [0.1, 0.15) is 4.90 Å². The molecule has 120 valence electrons. The van der Waals surface area contributed by atoms with Crippen molar-refractivity contribution < 1.29 is 17.9 Å². The predicted molar refractivity (Wildman–Crippen MR) is 82.8 cm³/mol. The number of sulfonamides is 1. The van der Waals surface area contributed by atoms with Crippen LogP contribution in [0.15, 0.2) is 23.1 Å². The summed E-state index contributed by atoms with van der Waals surface area (Å²) in [7, 11) is -0.633. The largest absolute Gasteiger partial charge is 0.399 e. The van der Waals surface area contributed by atoms with Crippen molar-refractivity contribution in [2.45, 2.75) is 11.3 Å². The maximum absolute atomic E-state index is 11.8. The lowest BCUT2D eigenvalue weighted by Gasteiger charge is -2.26. The van der Waals surface area contributed by atoms with Crippen molar-refractivity contribution >= 4 is 21.4 Å². The van der Waals surface area contributed by atoms with Gasteiger partial charge in [-0.2, -0.15) is 0 Å². The smallest absolute Gasteiger partial charge is 0.240 e. The normalized spacial score (nSPS) is 11.6. The third-order valence-corrected chi connectivity index (χ3v) is 3.91. The highest BCUT2D eigenvalue weighted by molar-refractivity contribution is 7.89. The topological polar surface area (TPSA) is 108 Å². The lowest BCUT2D eigenvalue weighted by molar-refractivity contribution is 0.191. The maximum Gasteiger partial charge on any atom is 0.240 e. The number of rotatable bonds is 9. The molecule has 0 spiro atoms. The zero-order valence-corrected chi connectivity index (χ0v) is 13.2. The van der Waals surface area contributed by atoms with Crippen molar-refractivity contribution in [1.82, 2.24) is 0 Å². The number of methoxy groups -OCH3 is 2. The summed E-state index contributed by atoms with van der Waals surface area (Å²) in [4.78, 5) is 1.93. The summed E-state index contributed by atoms with van der Waals surface area (Å²) in [5.74, 6) is 0. The summed E-state index contributed by atoms with van der Waals surface area (Å²) in [6.45, 7) is 2.24. The number of anilines is 2. The molecule has 0 aliphatic rings. The van der Waals surface area contributed by atoms with Crippen molar-refractivity contribution in [3.05, 3.63) is 18.2 Å². The number of hydrogen-bond acceptors (Lipinski definition) is 6. The van der Waals surface area contributed by atoms with Crippen LogP contribution in [0.4, 0.5) is 11.4 Å². The second-order valence-corrected chi connectivity index (χ2v) is 6.13. The van der Waals surface area contributed by atoms with Gasteiger partial charge in [-0.15, -0.1) is 0 Å². The third-order valence-electron chi connectivity index (χ3n) is 2.97. The number of ether oxygens (including phenoxy) is 2. The SMILES string of the molecule is COCCCN(CCOC)c1ccc(N)cc1S(N)(=O)=O. The summed E-state index contributed by atoms with van der Waals surface area (Å²) in [6.07, 6.45) is 0.759. The molecule has 21 heavy (non-hydrogen) atoms. The summed E-state index contributed by atoms with van der Waals surface area (Å²) in [5, 5.41) is 5.28. The first-order valence-electron chi connectivity index (χ1n) is 6.55. The minimum atomic E-state index is -3.85. The van der Waals surface area contributed by atoms with Crippen LogP contribution in [0.25, 0.3) is 0 Å². The molecule has 0 aliphatic heterocycles. The van der Waals surface area contributed by atoms with Gasteiger partial charge < -0.3 is 20.1 Å². The summed E-state index contributed by atoms with van der Waals surface area (Å²) in [6, 6.07) is 4.69. The molecule has 0 saturated heterocycles. The van der Waals surface area contributed by atoms with Crippen LogP contribution in [0.5, 0.6) is 0 Å². The van der Waals surface area contributed by atoms with Crippen LogP contribution in [-0.4, -0.2) is 48.9 Å². The minimum Gasteiger partial charge on any atom is -0.399 e.